The first-order chi connectivity index (χ1) is 5.94. The van der Waals surface area contributed by atoms with Gasteiger partial charge in [0.25, 0.3) is 0 Å². The van der Waals surface area contributed by atoms with Crippen molar-refractivity contribution in [3.8, 4) is 0 Å². The Balaban J connectivity index is 2.31. The van der Waals surface area contributed by atoms with E-state index in [1.165, 1.54) is 0 Å². The van der Waals surface area contributed by atoms with E-state index in [0.717, 1.165) is 12.8 Å². The van der Waals surface area contributed by atoms with Crippen molar-refractivity contribution >= 4 is 16.7 Å². The fraction of sp³-hybridized carbons (Fsp3) is 0.875. The van der Waals surface area contributed by atoms with Crippen LogP contribution in [0.15, 0.2) is 0 Å². The van der Waals surface area contributed by atoms with Gasteiger partial charge in [-0.3, -0.25) is 9.00 Å². The average Bonchev–Trinajstić information content (AvgIpc) is 2.67. The summed E-state index contributed by atoms with van der Waals surface area (Å²) in [6.45, 7) is 1.84. The number of carbonyl (C=O) groups is 1. The van der Waals surface area contributed by atoms with Gasteiger partial charge in [-0.25, -0.2) is 0 Å². The lowest BCUT2D eigenvalue weighted by Crippen LogP contribution is -2.47. The van der Waals surface area contributed by atoms with Crippen LogP contribution in [0.25, 0.3) is 0 Å². The highest BCUT2D eigenvalue weighted by Gasteiger charge is 2.46. The van der Waals surface area contributed by atoms with Crippen molar-refractivity contribution in [3.63, 3.8) is 0 Å². The maximum atomic E-state index is 11.4. The highest BCUT2D eigenvalue weighted by Crippen LogP contribution is 2.32. The Bertz CT molecular complexity index is 238. The molecule has 0 aliphatic heterocycles. The van der Waals surface area contributed by atoms with Gasteiger partial charge in [0.15, 0.2) is 0 Å². The molecule has 0 radical (unpaired) electrons. The Morgan fingerprint density at radius 3 is 2.62 bits per heavy atom. The molecule has 1 aliphatic rings. The molecule has 2 atom stereocenters. The standard InChI is InChI=1S/C8H16N2O2S/c1-6(5-13(2)12)10-7(11)8(9)3-4-8/h6H,3-5,9H2,1-2H3,(H,10,11). The number of amides is 1. The molecule has 5 heteroatoms. The Morgan fingerprint density at radius 1 is 1.69 bits per heavy atom. The highest BCUT2D eigenvalue weighted by atomic mass is 32.2. The second kappa shape index (κ2) is 3.75. The van der Waals surface area contributed by atoms with Gasteiger partial charge in [-0.15, -0.1) is 0 Å². The minimum absolute atomic E-state index is 0.0561. The van der Waals surface area contributed by atoms with Crippen molar-refractivity contribution in [1.82, 2.24) is 5.32 Å². The van der Waals surface area contributed by atoms with E-state index in [2.05, 4.69) is 5.32 Å². The van der Waals surface area contributed by atoms with Gasteiger partial charge in [-0.2, -0.15) is 0 Å². The SMILES string of the molecule is CC(CS(C)=O)NC(=O)C1(N)CC1. The minimum atomic E-state index is -0.874. The van der Waals surface area contributed by atoms with Gasteiger partial charge in [0.1, 0.15) is 0 Å². The lowest BCUT2D eigenvalue weighted by atomic mass is 10.2. The van der Waals surface area contributed by atoms with Crippen LogP contribution < -0.4 is 11.1 Å². The van der Waals surface area contributed by atoms with Crippen molar-refractivity contribution in [1.29, 1.82) is 0 Å². The van der Waals surface area contributed by atoms with E-state index < -0.39 is 16.3 Å². The van der Waals surface area contributed by atoms with Gasteiger partial charge < -0.3 is 11.1 Å². The van der Waals surface area contributed by atoms with E-state index in [1.54, 1.807) is 6.26 Å². The monoisotopic (exact) mass is 204 g/mol. The lowest BCUT2D eigenvalue weighted by Gasteiger charge is -2.15. The highest BCUT2D eigenvalue weighted by molar-refractivity contribution is 7.84. The Labute approximate surface area is 80.7 Å². The Morgan fingerprint density at radius 2 is 2.23 bits per heavy atom. The third-order valence-corrected chi connectivity index (χ3v) is 3.07. The largest absolute Gasteiger partial charge is 0.351 e. The molecule has 0 bridgehead atoms. The van der Waals surface area contributed by atoms with Gasteiger partial charge >= 0.3 is 0 Å². The van der Waals surface area contributed by atoms with Gasteiger partial charge in [-0.1, -0.05) is 0 Å². The molecule has 3 N–H and O–H groups in total. The number of hydrogen-bond acceptors (Lipinski definition) is 3. The van der Waals surface area contributed by atoms with Crippen LogP contribution >= 0.6 is 0 Å². The van der Waals surface area contributed by atoms with Crippen LogP contribution in [0.5, 0.6) is 0 Å². The van der Waals surface area contributed by atoms with Gasteiger partial charge in [0.2, 0.25) is 5.91 Å². The van der Waals surface area contributed by atoms with E-state index in [0.29, 0.717) is 5.75 Å². The van der Waals surface area contributed by atoms with Crippen LogP contribution in [-0.2, 0) is 15.6 Å². The summed E-state index contributed by atoms with van der Waals surface area (Å²) in [6, 6.07) is -0.0561. The van der Waals surface area contributed by atoms with Crippen molar-refractivity contribution in [2.75, 3.05) is 12.0 Å². The van der Waals surface area contributed by atoms with E-state index in [1.807, 2.05) is 6.92 Å². The second-order valence-corrected chi connectivity index (χ2v) is 5.25. The molecule has 13 heavy (non-hydrogen) atoms. The molecule has 76 valence electrons. The molecular formula is C8H16N2O2S. The molecule has 1 aliphatic carbocycles. The van der Waals surface area contributed by atoms with Crippen molar-refractivity contribution in [3.05, 3.63) is 0 Å². The predicted molar refractivity (Wildman–Crippen MR) is 52.7 cm³/mol. The van der Waals surface area contributed by atoms with Crippen molar-refractivity contribution < 1.29 is 9.00 Å². The van der Waals surface area contributed by atoms with Crippen LogP contribution in [-0.4, -0.2) is 33.7 Å². The van der Waals surface area contributed by atoms with Crippen molar-refractivity contribution in [2.24, 2.45) is 5.73 Å². The third-order valence-electron chi connectivity index (χ3n) is 2.10. The topological polar surface area (TPSA) is 72.2 Å². The van der Waals surface area contributed by atoms with E-state index in [9.17, 15) is 9.00 Å². The molecule has 1 saturated carbocycles. The molecule has 2 unspecified atom stereocenters. The fourth-order valence-electron chi connectivity index (χ4n) is 1.12. The molecule has 1 amide bonds. The summed E-state index contributed by atoms with van der Waals surface area (Å²) in [6.07, 6.45) is 3.15. The number of carbonyl (C=O) groups excluding carboxylic acids is 1. The van der Waals surface area contributed by atoms with E-state index in [-0.39, 0.29) is 11.9 Å². The summed E-state index contributed by atoms with van der Waals surface area (Å²) >= 11 is 0. The predicted octanol–water partition coefficient (Wildman–Crippen LogP) is -0.639. The lowest BCUT2D eigenvalue weighted by molar-refractivity contribution is -0.123. The van der Waals surface area contributed by atoms with Crippen LogP contribution in [0.2, 0.25) is 0 Å². The third kappa shape index (κ3) is 3.08. The molecule has 0 spiro atoms. The first-order valence-corrected chi connectivity index (χ1v) is 6.06. The summed E-state index contributed by atoms with van der Waals surface area (Å²) in [4.78, 5) is 11.4. The fourth-order valence-corrected chi connectivity index (χ4v) is 1.91. The van der Waals surface area contributed by atoms with Crippen LogP contribution in [0.1, 0.15) is 19.8 Å². The number of hydrogen-bond donors (Lipinski definition) is 2. The number of rotatable bonds is 4. The average molecular weight is 204 g/mol. The smallest absolute Gasteiger partial charge is 0.240 e. The van der Waals surface area contributed by atoms with E-state index >= 15 is 0 Å². The quantitative estimate of drug-likeness (QED) is 0.640. The summed E-state index contributed by atoms with van der Waals surface area (Å²) in [7, 11) is -0.874. The maximum Gasteiger partial charge on any atom is 0.240 e. The first-order valence-electron chi connectivity index (χ1n) is 4.34. The number of nitrogens with two attached hydrogens (primary N) is 1. The number of nitrogens with one attached hydrogen (secondary N) is 1. The van der Waals surface area contributed by atoms with Gasteiger partial charge in [0, 0.05) is 28.9 Å². The van der Waals surface area contributed by atoms with Crippen molar-refractivity contribution in [2.45, 2.75) is 31.3 Å². The van der Waals surface area contributed by atoms with E-state index in [4.69, 9.17) is 5.73 Å². The summed E-state index contributed by atoms with van der Waals surface area (Å²) in [5.74, 6) is 0.382. The molecule has 0 aromatic carbocycles. The molecular weight excluding hydrogens is 188 g/mol. The second-order valence-electron chi connectivity index (χ2n) is 3.77. The molecule has 4 nitrogen and oxygen atoms in total. The molecule has 0 saturated heterocycles. The van der Waals surface area contributed by atoms with Crippen LogP contribution in [0.4, 0.5) is 0 Å². The van der Waals surface area contributed by atoms with Crippen LogP contribution in [0, 0.1) is 0 Å². The Hall–Kier alpha value is -0.420. The summed E-state index contributed by atoms with van der Waals surface area (Å²) < 4.78 is 10.8. The molecule has 1 fully saturated rings. The minimum Gasteiger partial charge on any atom is -0.351 e. The Kier molecular flexibility index (Phi) is 3.08. The van der Waals surface area contributed by atoms with Gasteiger partial charge in [0.05, 0.1) is 5.54 Å². The zero-order valence-corrected chi connectivity index (χ0v) is 8.82. The maximum absolute atomic E-state index is 11.4. The summed E-state index contributed by atoms with van der Waals surface area (Å²) in [5.41, 5.74) is 5.06. The van der Waals surface area contributed by atoms with Crippen LogP contribution in [0.3, 0.4) is 0 Å². The normalized spacial score (nSPS) is 23.3. The zero-order valence-electron chi connectivity index (χ0n) is 8.00. The van der Waals surface area contributed by atoms with Gasteiger partial charge in [-0.05, 0) is 19.8 Å². The summed E-state index contributed by atoms with van der Waals surface area (Å²) in [5, 5.41) is 2.76. The zero-order chi connectivity index (χ0) is 10.1. The molecule has 1 rings (SSSR count). The first kappa shape index (κ1) is 10.7. The molecule has 0 aromatic rings. The molecule has 0 aromatic heterocycles. The molecule has 0 heterocycles.